The second-order valence-electron chi connectivity index (χ2n) is 3.28. The third kappa shape index (κ3) is 2.01. The zero-order valence-electron chi connectivity index (χ0n) is 8.67. The quantitative estimate of drug-likeness (QED) is 0.601. The molecule has 0 aliphatic carbocycles. The standard InChI is InChI=1S/C10H7BrN2O4/c1-17-10(16)4-2-6-7(3-5(4)11)13-9(15)8(14)12-6/h2-3H,1H3,(H,12,14)(H,13,15). The van der Waals surface area contributed by atoms with Crippen molar-refractivity contribution >= 4 is 32.9 Å². The molecule has 2 N–H and O–H groups in total. The van der Waals surface area contributed by atoms with Crippen LogP contribution >= 0.6 is 15.9 Å². The predicted octanol–water partition coefficient (Wildman–Crippen LogP) is 0.765. The molecule has 1 aromatic heterocycles. The zero-order valence-corrected chi connectivity index (χ0v) is 10.3. The molecule has 0 fully saturated rings. The van der Waals surface area contributed by atoms with E-state index in [1.807, 2.05) is 0 Å². The Morgan fingerprint density at radius 2 is 1.71 bits per heavy atom. The highest BCUT2D eigenvalue weighted by Crippen LogP contribution is 2.21. The third-order valence-corrected chi connectivity index (χ3v) is 2.87. The Labute approximate surface area is 103 Å². The average Bonchev–Trinajstić information content (AvgIpc) is 2.30. The van der Waals surface area contributed by atoms with Crippen LogP contribution in [0.25, 0.3) is 11.0 Å². The Bertz CT molecular complexity index is 716. The van der Waals surface area contributed by atoms with Gasteiger partial charge >= 0.3 is 17.1 Å². The Balaban J connectivity index is 2.80. The average molecular weight is 299 g/mol. The van der Waals surface area contributed by atoms with Gasteiger partial charge in [-0.3, -0.25) is 9.59 Å². The molecule has 0 atom stereocenters. The zero-order chi connectivity index (χ0) is 12.6. The number of aromatic nitrogens is 2. The first-order valence-electron chi connectivity index (χ1n) is 4.57. The minimum absolute atomic E-state index is 0.266. The fraction of sp³-hybridized carbons (Fsp3) is 0.100. The monoisotopic (exact) mass is 298 g/mol. The highest BCUT2D eigenvalue weighted by atomic mass is 79.9. The topological polar surface area (TPSA) is 92.0 Å². The van der Waals surface area contributed by atoms with Gasteiger partial charge in [0, 0.05) is 4.47 Å². The van der Waals surface area contributed by atoms with E-state index >= 15 is 0 Å². The summed E-state index contributed by atoms with van der Waals surface area (Å²) >= 11 is 3.19. The van der Waals surface area contributed by atoms with E-state index in [4.69, 9.17) is 0 Å². The van der Waals surface area contributed by atoms with Gasteiger partial charge in [-0.2, -0.15) is 0 Å². The number of benzene rings is 1. The number of aromatic amines is 2. The van der Waals surface area contributed by atoms with E-state index < -0.39 is 17.1 Å². The molecule has 2 aromatic rings. The van der Waals surface area contributed by atoms with Gasteiger partial charge in [0.15, 0.2) is 0 Å². The van der Waals surface area contributed by atoms with Crippen molar-refractivity contribution < 1.29 is 9.53 Å². The van der Waals surface area contributed by atoms with E-state index in [0.717, 1.165) is 0 Å². The first-order chi connectivity index (χ1) is 8.02. The maximum Gasteiger partial charge on any atom is 0.339 e. The second-order valence-corrected chi connectivity index (χ2v) is 4.13. The van der Waals surface area contributed by atoms with Gasteiger partial charge in [-0.1, -0.05) is 0 Å². The Kier molecular flexibility index (Phi) is 2.84. The summed E-state index contributed by atoms with van der Waals surface area (Å²) in [5.74, 6) is -0.536. The van der Waals surface area contributed by atoms with Gasteiger partial charge in [-0.15, -0.1) is 0 Å². The molecule has 0 unspecified atom stereocenters. The Morgan fingerprint density at radius 1 is 1.18 bits per heavy atom. The third-order valence-electron chi connectivity index (χ3n) is 2.22. The summed E-state index contributed by atoms with van der Waals surface area (Å²) in [5, 5.41) is 0. The van der Waals surface area contributed by atoms with Gasteiger partial charge in [0.2, 0.25) is 0 Å². The molecule has 0 bridgehead atoms. The van der Waals surface area contributed by atoms with Crippen LogP contribution in [0.1, 0.15) is 10.4 Å². The maximum atomic E-state index is 11.4. The molecule has 6 nitrogen and oxygen atoms in total. The number of hydrogen-bond donors (Lipinski definition) is 2. The van der Waals surface area contributed by atoms with Crippen molar-refractivity contribution in [1.82, 2.24) is 9.97 Å². The minimum atomic E-state index is -0.768. The fourth-order valence-electron chi connectivity index (χ4n) is 1.40. The van der Waals surface area contributed by atoms with Crippen LogP contribution in [0, 0.1) is 0 Å². The SMILES string of the molecule is COC(=O)c1cc2[nH]c(=O)c(=O)[nH]c2cc1Br. The van der Waals surface area contributed by atoms with Gasteiger partial charge < -0.3 is 14.7 Å². The number of methoxy groups -OCH3 is 1. The number of nitrogens with one attached hydrogen (secondary N) is 2. The van der Waals surface area contributed by atoms with Gasteiger partial charge in [0.25, 0.3) is 0 Å². The van der Waals surface area contributed by atoms with Crippen LogP contribution in [0.2, 0.25) is 0 Å². The normalized spacial score (nSPS) is 10.5. The number of halogens is 1. The van der Waals surface area contributed by atoms with E-state index in [9.17, 15) is 14.4 Å². The number of ether oxygens (including phenoxy) is 1. The van der Waals surface area contributed by atoms with Crippen LogP contribution < -0.4 is 11.1 Å². The van der Waals surface area contributed by atoms with Crippen LogP contribution in [-0.2, 0) is 4.74 Å². The van der Waals surface area contributed by atoms with Crippen LogP contribution in [0.3, 0.4) is 0 Å². The van der Waals surface area contributed by atoms with Gasteiger partial charge in [-0.05, 0) is 28.1 Å². The smallest absolute Gasteiger partial charge is 0.339 e. The molecule has 1 aromatic carbocycles. The first-order valence-corrected chi connectivity index (χ1v) is 5.36. The van der Waals surface area contributed by atoms with Crippen molar-refractivity contribution in [3.05, 3.63) is 42.9 Å². The lowest BCUT2D eigenvalue weighted by molar-refractivity contribution is 0.0600. The summed E-state index contributed by atoms with van der Waals surface area (Å²) in [6.07, 6.45) is 0. The number of fused-ring (bicyclic) bond motifs is 1. The van der Waals surface area contributed by atoms with Crippen molar-refractivity contribution in [2.24, 2.45) is 0 Å². The molecule has 88 valence electrons. The van der Waals surface area contributed by atoms with Gasteiger partial charge in [0.1, 0.15) is 0 Å². The van der Waals surface area contributed by atoms with Crippen molar-refractivity contribution in [3.8, 4) is 0 Å². The molecule has 0 aliphatic heterocycles. The molecular weight excluding hydrogens is 292 g/mol. The molecule has 1 heterocycles. The Hall–Kier alpha value is -1.89. The van der Waals surface area contributed by atoms with Crippen molar-refractivity contribution in [1.29, 1.82) is 0 Å². The van der Waals surface area contributed by atoms with Crippen molar-refractivity contribution in [2.45, 2.75) is 0 Å². The number of H-pyrrole nitrogens is 2. The molecule has 2 rings (SSSR count). The largest absolute Gasteiger partial charge is 0.465 e. The predicted molar refractivity (Wildman–Crippen MR) is 64.2 cm³/mol. The summed E-state index contributed by atoms with van der Waals surface area (Å²) in [7, 11) is 1.26. The molecule has 7 heteroatoms. The molecular formula is C10H7BrN2O4. The highest BCUT2D eigenvalue weighted by molar-refractivity contribution is 9.10. The highest BCUT2D eigenvalue weighted by Gasteiger charge is 2.12. The van der Waals surface area contributed by atoms with E-state index in [2.05, 4.69) is 30.6 Å². The van der Waals surface area contributed by atoms with E-state index in [0.29, 0.717) is 15.5 Å². The van der Waals surface area contributed by atoms with E-state index in [1.165, 1.54) is 19.2 Å². The van der Waals surface area contributed by atoms with E-state index in [-0.39, 0.29) is 5.56 Å². The molecule has 0 spiro atoms. The fourth-order valence-corrected chi connectivity index (χ4v) is 1.91. The Morgan fingerprint density at radius 3 is 2.24 bits per heavy atom. The van der Waals surface area contributed by atoms with E-state index in [1.54, 1.807) is 0 Å². The van der Waals surface area contributed by atoms with Crippen LogP contribution in [-0.4, -0.2) is 23.0 Å². The molecule has 17 heavy (non-hydrogen) atoms. The molecule has 0 saturated carbocycles. The summed E-state index contributed by atoms with van der Waals surface area (Å²) in [6, 6.07) is 2.96. The van der Waals surface area contributed by atoms with Crippen molar-refractivity contribution in [3.63, 3.8) is 0 Å². The lowest BCUT2D eigenvalue weighted by Crippen LogP contribution is -2.29. The summed E-state index contributed by atoms with van der Waals surface area (Å²) in [4.78, 5) is 38.4. The lowest BCUT2D eigenvalue weighted by atomic mass is 10.2. The lowest BCUT2D eigenvalue weighted by Gasteiger charge is -2.04. The minimum Gasteiger partial charge on any atom is -0.465 e. The molecule has 0 aliphatic rings. The van der Waals surface area contributed by atoms with Gasteiger partial charge in [0.05, 0.1) is 23.7 Å². The van der Waals surface area contributed by atoms with Crippen molar-refractivity contribution in [2.75, 3.05) is 7.11 Å². The summed E-state index contributed by atoms with van der Waals surface area (Å²) < 4.78 is 5.06. The number of carbonyl (C=O) groups excluding carboxylic acids is 1. The number of rotatable bonds is 1. The molecule has 0 amide bonds. The molecule has 0 radical (unpaired) electrons. The van der Waals surface area contributed by atoms with Crippen LogP contribution in [0.4, 0.5) is 0 Å². The van der Waals surface area contributed by atoms with Crippen LogP contribution in [0.15, 0.2) is 26.2 Å². The van der Waals surface area contributed by atoms with Gasteiger partial charge in [-0.25, -0.2) is 4.79 Å². The number of carbonyl (C=O) groups is 1. The van der Waals surface area contributed by atoms with Crippen LogP contribution in [0.5, 0.6) is 0 Å². The summed E-state index contributed by atoms with van der Waals surface area (Å²) in [5.41, 5.74) is -0.458. The summed E-state index contributed by atoms with van der Waals surface area (Å²) in [6.45, 7) is 0. The maximum absolute atomic E-state index is 11.4. The number of esters is 1. The molecule has 0 saturated heterocycles. The first kappa shape index (κ1) is 11.6. The second kappa shape index (κ2) is 4.17. The number of hydrogen-bond acceptors (Lipinski definition) is 4.